The van der Waals surface area contributed by atoms with Crippen LogP contribution in [-0.2, 0) is 16.1 Å². The van der Waals surface area contributed by atoms with Crippen molar-refractivity contribution in [2.45, 2.75) is 23.1 Å². The Labute approximate surface area is 153 Å². The summed E-state index contributed by atoms with van der Waals surface area (Å²) >= 11 is 1.16. The first-order valence-electron chi connectivity index (χ1n) is 7.92. The van der Waals surface area contributed by atoms with Gasteiger partial charge in [-0.1, -0.05) is 60.3 Å². The van der Waals surface area contributed by atoms with Crippen LogP contribution in [-0.4, -0.2) is 29.0 Å². The van der Waals surface area contributed by atoms with Crippen molar-refractivity contribution in [1.29, 1.82) is 0 Å². The van der Waals surface area contributed by atoms with Crippen LogP contribution in [0.4, 0.5) is 13.2 Å². The maximum Gasteiger partial charge on any atom is 0.449 e. The minimum atomic E-state index is -4.71. The molecular formula is C19H16F3NO2S. The van der Waals surface area contributed by atoms with Gasteiger partial charge in [-0.05, 0) is 17.7 Å². The highest BCUT2D eigenvalue weighted by Gasteiger charge is 2.41. The molecule has 1 amide bonds. The number of amides is 1. The van der Waals surface area contributed by atoms with Crippen molar-refractivity contribution in [2.75, 3.05) is 6.54 Å². The second-order valence-electron chi connectivity index (χ2n) is 5.69. The molecule has 0 aromatic heterocycles. The molecule has 136 valence electrons. The number of allylic oxidation sites excluding steroid dienone is 1. The first-order valence-corrected chi connectivity index (χ1v) is 8.80. The second-order valence-corrected chi connectivity index (χ2v) is 6.92. The van der Waals surface area contributed by atoms with Crippen molar-refractivity contribution >= 4 is 17.7 Å². The molecule has 7 heteroatoms. The smallest absolute Gasteiger partial charge is 0.449 e. The van der Waals surface area contributed by atoms with Gasteiger partial charge in [-0.2, -0.15) is 13.2 Å². The zero-order valence-corrected chi connectivity index (χ0v) is 14.5. The Bertz CT molecular complexity index is 778. The van der Waals surface area contributed by atoms with E-state index in [0.29, 0.717) is 6.08 Å². The number of carbonyl (C=O) groups excluding carboxylic acids is 1. The first kappa shape index (κ1) is 18.4. The molecule has 1 aliphatic rings. The Balaban J connectivity index is 1.84. The van der Waals surface area contributed by atoms with Crippen molar-refractivity contribution in [3.05, 3.63) is 78.1 Å². The van der Waals surface area contributed by atoms with Crippen LogP contribution in [0.5, 0.6) is 0 Å². The van der Waals surface area contributed by atoms with Gasteiger partial charge < -0.3 is 9.64 Å². The molecule has 1 heterocycles. The molecule has 0 fully saturated rings. The normalized spacial score (nSPS) is 18.1. The number of nitrogens with zero attached hydrogens (tertiary/aromatic N) is 1. The van der Waals surface area contributed by atoms with Crippen molar-refractivity contribution in [2.24, 2.45) is 0 Å². The van der Waals surface area contributed by atoms with Gasteiger partial charge in [0.05, 0.1) is 12.6 Å². The summed E-state index contributed by atoms with van der Waals surface area (Å²) in [5.41, 5.74) is -0.0198. The van der Waals surface area contributed by atoms with Gasteiger partial charge in [0, 0.05) is 11.4 Å². The van der Waals surface area contributed by atoms with E-state index >= 15 is 0 Å². The van der Waals surface area contributed by atoms with Gasteiger partial charge >= 0.3 is 6.18 Å². The molecule has 1 atom stereocenters. The van der Waals surface area contributed by atoms with Gasteiger partial charge in [0.25, 0.3) is 5.91 Å². The van der Waals surface area contributed by atoms with Gasteiger partial charge in [-0.25, -0.2) is 0 Å². The van der Waals surface area contributed by atoms with Crippen molar-refractivity contribution in [1.82, 2.24) is 4.90 Å². The number of alkyl halides is 3. The van der Waals surface area contributed by atoms with Crippen molar-refractivity contribution < 1.29 is 22.7 Å². The highest BCUT2D eigenvalue weighted by molar-refractivity contribution is 7.99. The number of rotatable bonds is 4. The molecule has 0 N–H and O–H groups in total. The second kappa shape index (κ2) is 7.86. The van der Waals surface area contributed by atoms with Crippen LogP contribution >= 0.6 is 11.8 Å². The SMILES string of the molecule is O=C1C=C(C(F)(F)F)OC(Sc2ccccc2)CN1Cc1ccccc1. The molecule has 3 rings (SSSR count). The number of halogens is 3. The summed E-state index contributed by atoms with van der Waals surface area (Å²) < 4.78 is 44.7. The topological polar surface area (TPSA) is 29.5 Å². The Morgan fingerprint density at radius 1 is 1.04 bits per heavy atom. The van der Waals surface area contributed by atoms with Gasteiger partial charge in [0.15, 0.2) is 5.44 Å². The maximum atomic E-state index is 13.2. The summed E-state index contributed by atoms with van der Waals surface area (Å²) in [5, 5.41) is 0. The number of ether oxygens (including phenoxy) is 1. The average molecular weight is 379 g/mol. The molecular weight excluding hydrogens is 363 g/mol. The highest BCUT2D eigenvalue weighted by Crippen LogP contribution is 2.34. The average Bonchev–Trinajstić information content (AvgIpc) is 2.76. The number of thioether (sulfide) groups is 1. The largest absolute Gasteiger partial charge is 0.472 e. The standard InChI is InChI=1S/C19H16F3NO2S/c20-19(21,22)16-11-17(24)23(12-14-7-3-1-4-8-14)13-18(25-16)26-15-9-5-2-6-10-15/h1-11,18H,12-13H2. The van der Waals surface area contributed by atoms with Gasteiger partial charge in [-0.15, -0.1) is 0 Å². The van der Waals surface area contributed by atoms with Crippen LogP contribution in [0.15, 0.2) is 77.4 Å². The van der Waals surface area contributed by atoms with Crippen LogP contribution < -0.4 is 0 Å². The summed E-state index contributed by atoms with van der Waals surface area (Å²) in [5.74, 6) is -1.97. The Morgan fingerprint density at radius 3 is 2.27 bits per heavy atom. The number of hydrogen-bond donors (Lipinski definition) is 0. The molecule has 0 radical (unpaired) electrons. The molecule has 0 spiro atoms. The lowest BCUT2D eigenvalue weighted by atomic mass is 10.2. The van der Waals surface area contributed by atoms with Crippen LogP contribution in [0.2, 0.25) is 0 Å². The van der Waals surface area contributed by atoms with Crippen molar-refractivity contribution in [3.8, 4) is 0 Å². The lowest BCUT2D eigenvalue weighted by molar-refractivity contribution is -0.133. The molecule has 0 saturated heterocycles. The Hall–Kier alpha value is -2.41. The fraction of sp³-hybridized carbons (Fsp3) is 0.211. The summed E-state index contributed by atoms with van der Waals surface area (Å²) in [6.07, 6.45) is -4.18. The molecule has 0 aliphatic carbocycles. The van der Waals surface area contributed by atoms with Gasteiger partial charge in [0.2, 0.25) is 5.76 Å². The zero-order chi connectivity index (χ0) is 18.6. The van der Waals surface area contributed by atoms with Gasteiger partial charge in [0.1, 0.15) is 0 Å². The van der Waals surface area contributed by atoms with E-state index in [-0.39, 0.29) is 13.1 Å². The third-order valence-electron chi connectivity index (χ3n) is 3.70. The molecule has 26 heavy (non-hydrogen) atoms. The van der Waals surface area contributed by atoms with E-state index in [0.717, 1.165) is 22.2 Å². The van der Waals surface area contributed by atoms with E-state index in [1.54, 1.807) is 24.3 Å². The third-order valence-corrected chi connectivity index (χ3v) is 4.75. The minimum absolute atomic E-state index is 0.0450. The van der Waals surface area contributed by atoms with Crippen LogP contribution in [0.25, 0.3) is 0 Å². The summed E-state index contributed by atoms with van der Waals surface area (Å²) in [4.78, 5) is 14.5. The third kappa shape index (κ3) is 4.82. The van der Waals surface area contributed by atoms with E-state index in [1.165, 1.54) is 4.90 Å². The fourth-order valence-electron chi connectivity index (χ4n) is 2.49. The first-order chi connectivity index (χ1) is 12.4. The van der Waals surface area contributed by atoms with E-state index < -0.39 is 23.3 Å². The lowest BCUT2D eigenvalue weighted by Crippen LogP contribution is -2.33. The predicted octanol–water partition coefficient (Wildman–Crippen LogP) is 4.61. The molecule has 2 aromatic rings. The van der Waals surface area contributed by atoms with Crippen molar-refractivity contribution in [3.63, 3.8) is 0 Å². The zero-order valence-electron chi connectivity index (χ0n) is 13.6. The molecule has 2 aromatic carbocycles. The summed E-state index contributed by atoms with van der Waals surface area (Å²) in [6.45, 7) is 0.264. The monoisotopic (exact) mass is 379 g/mol. The lowest BCUT2D eigenvalue weighted by Gasteiger charge is -2.24. The van der Waals surface area contributed by atoms with E-state index in [1.807, 2.05) is 36.4 Å². The van der Waals surface area contributed by atoms with E-state index in [9.17, 15) is 18.0 Å². The summed E-state index contributed by atoms with van der Waals surface area (Å²) in [7, 11) is 0. The van der Waals surface area contributed by atoms with Crippen LogP contribution in [0, 0.1) is 0 Å². The quantitative estimate of drug-likeness (QED) is 0.777. The van der Waals surface area contributed by atoms with E-state index in [2.05, 4.69) is 0 Å². The van der Waals surface area contributed by atoms with Gasteiger partial charge in [-0.3, -0.25) is 4.79 Å². The molecule has 0 saturated carbocycles. The Kier molecular flexibility index (Phi) is 5.56. The molecule has 1 aliphatic heterocycles. The Morgan fingerprint density at radius 2 is 1.65 bits per heavy atom. The molecule has 1 unspecified atom stereocenters. The maximum absolute atomic E-state index is 13.2. The predicted molar refractivity (Wildman–Crippen MR) is 93.2 cm³/mol. The highest BCUT2D eigenvalue weighted by atomic mass is 32.2. The van der Waals surface area contributed by atoms with Crippen LogP contribution in [0.3, 0.4) is 0 Å². The number of benzene rings is 2. The summed E-state index contributed by atoms with van der Waals surface area (Å²) in [6, 6.07) is 18.1. The molecule has 0 bridgehead atoms. The molecule has 3 nitrogen and oxygen atoms in total. The minimum Gasteiger partial charge on any atom is -0.472 e. The van der Waals surface area contributed by atoms with Crippen LogP contribution in [0.1, 0.15) is 5.56 Å². The number of hydrogen-bond acceptors (Lipinski definition) is 3. The fourth-order valence-corrected chi connectivity index (χ4v) is 3.52. The van der Waals surface area contributed by atoms with E-state index in [4.69, 9.17) is 4.74 Å². The number of carbonyl (C=O) groups is 1.